The van der Waals surface area contributed by atoms with Gasteiger partial charge in [-0.15, -0.1) is 11.3 Å². The number of thiophene rings is 1. The van der Waals surface area contributed by atoms with E-state index in [0.717, 1.165) is 25.1 Å². The van der Waals surface area contributed by atoms with Crippen molar-refractivity contribution >= 4 is 33.0 Å². The zero-order valence-corrected chi connectivity index (χ0v) is 20.6. The molecule has 4 heterocycles. The standard InChI is InChI=1S/C28H35N3OS/c1-28(12-10-20-8-9-26(32)29-23(20)17-28)11-3-2-4-13-30-14-15-31-22(18-30)16-21-19-33-25-7-5-6-24(31)27(21)25/h5-7,10,17,19,22H,2-4,8-9,11-16,18H2,1H3,(H,29,32). The van der Waals surface area contributed by atoms with Gasteiger partial charge in [0.25, 0.3) is 0 Å². The summed E-state index contributed by atoms with van der Waals surface area (Å²) < 4.78 is 1.45. The van der Waals surface area contributed by atoms with Gasteiger partial charge < -0.3 is 10.2 Å². The van der Waals surface area contributed by atoms with Crippen molar-refractivity contribution in [2.24, 2.45) is 5.41 Å². The van der Waals surface area contributed by atoms with E-state index >= 15 is 0 Å². The van der Waals surface area contributed by atoms with Crippen molar-refractivity contribution in [3.63, 3.8) is 0 Å². The van der Waals surface area contributed by atoms with Crippen molar-refractivity contribution < 1.29 is 4.79 Å². The van der Waals surface area contributed by atoms with E-state index in [1.54, 1.807) is 5.56 Å². The van der Waals surface area contributed by atoms with Crippen molar-refractivity contribution in [1.82, 2.24) is 10.2 Å². The van der Waals surface area contributed by atoms with E-state index in [1.165, 1.54) is 73.1 Å². The van der Waals surface area contributed by atoms with Gasteiger partial charge in [0, 0.05) is 53.6 Å². The van der Waals surface area contributed by atoms with Crippen LogP contribution in [0.15, 0.2) is 47.0 Å². The van der Waals surface area contributed by atoms with Crippen LogP contribution in [0.2, 0.25) is 0 Å². The lowest BCUT2D eigenvalue weighted by molar-refractivity contribution is -0.120. The molecule has 2 fully saturated rings. The topological polar surface area (TPSA) is 35.6 Å². The molecule has 2 atom stereocenters. The monoisotopic (exact) mass is 461 g/mol. The molecule has 1 aromatic heterocycles. The Hall–Kier alpha value is -2.11. The average Bonchev–Trinajstić information content (AvgIpc) is 3.22. The molecule has 0 radical (unpaired) electrons. The van der Waals surface area contributed by atoms with E-state index in [0.29, 0.717) is 12.5 Å². The Morgan fingerprint density at radius 3 is 3.06 bits per heavy atom. The summed E-state index contributed by atoms with van der Waals surface area (Å²) in [6, 6.07) is 7.46. The van der Waals surface area contributed by atoms with E-state index < -0.39 is 0 Å². The van der Waals surface area contributed by atoms with Crippen LogP contribution in [-0.4, -0.2) is 43.0 Å². The van der Waals surface area contributed by atoms with Crippen molar-refractivity contribution in [1.29, 1.82) is 0 Å². The Morgan fingerprint density at radius 1 is 1.18 bits per heavy atom. The molecule has 1 aromatic carbocycles. The smallest absolute Gasteiger partial charge is 0.224 e. The van der Waals surface area contributed by atoms with Crippen LogP contribution in [0.5, 0.6) is 0 Å². The third-order valence-electron chi connectivity index (χ3n) is 8.26. The molecule has 3 aliphatic heterocycles. The molecule has 33 heavy (non-hydrogen) atoms. The number of hydrogen-bond acceptors (Lipinski definition) is 4. The zero-order chi connectivity index (χ0) is 22.4. The summed E-state index contributed by atoms with van der Waals surface area (Å²) in [5.74, 6) is 0.174. The number of carbonyl (C=O) groups is 1. The summed E-state index contributed by atoms with van der Waals surface area (Å²) in [5.41, 5.74) is 5.67. The van der Waals surface area contributed by atoms with Gasteiger partial charge in [0.05, 0.1) is 0 Å². The molecule has 2 aromatic rings. The van der Waals surface area contributed by atoms with Crippen LogP contribution < -0.4 is 10.2 Å². The highest BCUT2D eigenvalue weighted by Crippen LogP contribution is 2.41. The van der Waals surface area contributed by atoms with Crippen LogP contribution in [0, 0.1) is 5.41 Å². The van der Waals surface area contributed by atoms with E-state index in [9.17, 15) is 4.79 Å². The fourth-order valence-corrected chi connectivity index (χ4v) is 7.38. The van der Waals surface area contributed by atoms with Gasteiger partial charge in [0.2, 0.25) is 5.91 Å². The Balaban J connectivity index is 0.979. The Morgan fingerprint density at radius 2 is 2.12 bits per heavy atom. The lowest BCUT2D eigenvalue weighted by Crippen LogP contribution is -2.55. The number of carbonyl (C=O) groups excluding carboxylic acids is 1. The van der Waals surface area contributed by atoms with Crippen molar-refractivity contribution in [3.8, 4) is 0 Å². The molecule has 2 unspecified atom stereocenters. The van der Waals surface area contributed by atoms with E-state index in [2.05, 4.69) is 57.8 Å². The minimum atomic E-state index is 0.174. The first-order valence-electron chi connectivity index (χ1n) is 12.8. The number of benzene rings is 1. The van der Waals surface area contributed by atoms with Crippen LogP contribution in [0.4, 0.5) is 5.69 Å². The lowest BCUT2D eigenvalue weighted by Gasteiger charge is -2.45. The summed E-state index contributed by atoms with van der Waals surface area (Å²) >= 11 is 1.91. The van der Waals surface area contributed by atoms with Crippen LogP contribution in [0.25, 0.3) is 10.1 Å². The second kappa shape index (κ2) is 8.59. The average molecular weight is 462 g/mol. The molecule has 0 bridgehead atoms. The molecule has 2 saturated heterocycles. The first-order valence-corrected chi connectivity index (χ1v) is 13.7. The predicted octanol–water partition coefficient (Wildman–Crippen LogP) is 5.64. The summed E-state index contributed by atoms with van der Waals surface area (Å²) in [7, 11) is 0. The Kier molecular flexibility index (Phi) is 5.58. The summed E-state index contributed by atoms with van der Waals surface area (Å²) in [4.78, 5) is 17.2. The number of fused-ring (bicyclic) bond motifs is 3. The SMILES string of the molecule is CC1(CCCCCN2CCN3c4cccc5scc(c45)CC3C2)C=C2NC(=O)CCC2=CC1. The molecule has 0 saturated carbocycles. The van der Waals surface area contributed by atoms with Crippen molar-refractivity contribution in [2.75, 3.05) is 31.1 Å². The maximum absolute atomic E-state index is 11.8. The van der Waals surface area contributed by atoms with E-state index in [-0.39, 0.29) is 11.3 Å². The number of unbranched alkanes of at least 4 members (excludes halogenated alkanes) is 2. The van der Waals surface area contributed by atoms with Crippen molar-refractivity contribution in [3.05, 3.63) is 52.6 Å². The van der Waals surface area contributed by atoms with E-state index in [4.69, 9.17) is 0 Å². The minimum absolute atomic E-state index is 0.174. The largest absolute Gasteiger partial charge is 0.365 e. The second-order valence-corrected chi connectivity index (χ2v) is 11.7. The van der Waals surface area contributed by atoms with Gasteiger partial charge in [-0.1, -0.05) is 38.0 Å². The number of amides is 1. The highest BCUT2D eigenvalue weighted by Gasteiger charge is 2.33. The van der Waals surface area contributed by atoms with Gasteiger partial charge in [-0.3, -0.25) is 9.69 Å². The first kappa shape index (κ1) is 21.4. The van der Waals surface area contributed by atoms with Crippen molar-refractivity contribution in [2.45, 2.75) is 64.3 Å². The number of piperazine rings is 1. The molecule has 174 valence electrons. The number of piperidine rings is 1. The molecule has 1 aliphatic carbocycles. The molecular weight excluding hydrogens is 426 g/mol. The normalized spacial score (nSPS) is 27.0. The number of anilines is 1. The maximum Gasteiger partial charge on any atom is 0.224 e. The summed E-state index contributed by atoms with van der Waals surface area (Å²) in [6.45, 7) is 7.12. The van der Waals surface area contributed by atoms with Gasteiger partial charge in [0.15, 0.2) is 0 Å². The van der Waals surface area contributed by atoms with Gasteiger partial charge >= 0.3 is 0 Å². The molecular formula is C28H35N3OS. The number of hydrogen-bond donors (Lipinski definition) is 1. The van der Waals surface area contributed by atoms with Gasteiger partial charge in [0.1, 0.15) is 0 Å². The molecule has 4 nitrogen and oxygen atoms in total. The Bertz CT molecular complexity index is 1130. The maximum atomic E-state index is 11.8. The fraction of sp³-hybridized carbons (Fsp3) is 0.536. The summed E-state index contributed by atoms with van der Waals surface area (Å²) in [5, 5.41) is 7.01. The predicted molar refractivity (Wildman–Crippen MR) is 138 cm³/mol. The highest BCUT2D eigenvalue weighted by atomic mass is 32.1. The number of rotatable bonds is 6. The molecule has 1 amide bonds. The third kappa shape index (κ3) is 4.15. The highest BCUT2D eigenvalue weighted by molar-refractivity contribution is 7.17. The number of allylic oxidation sites excluding steroid dienone is 3. The molecule has 1 N–H and O–H groups in total. The third-order valence-corrected chi connectivity index (χ3v) is 9.25. The number of nitrogens with zero attached hydrogens (tertiary/aromatic N) is 2. The fourth-order valence-electron chi connectivity index (χ4n) is 6.39. The first-order chi connectivity index (χ1) is 16.1. The van der Waals surface area contributed by atoms with Gasteiger partial charge in [-0.05, 0) is 72.7 Å². The molecule has 5 heteroatoms. The quantitative estimate of drug-likeness (QED) is 0.566. The second-order valence-electron chi connectivity index (χ2n) is 10.8. The summed E-state index contributed by atoms with van der Waals surface area (Å²) in [6.07, 6.45) is 13.6. The van der Waals surface area contributed by atoms with Gasteiger partial charge in [-0.25, -0.2) is 0 Å². The van der Waals surface area contributed by atoms with Crippen LogP contribution >= 0.6 is 11.3 Å². The van der Waals surface area contributed by atoms with E-state index in [1.807, 2.05) is 11.3 Å². The van der Waals surface area contributed by atoms with Crippen LogP contribution in [0.3, 0.4) is 0 Å². The zero-order valence-electron chi connectivity index (χ0n) is 19.7. The minimum Gasteiger partial charge on any atom is -0.365 e. The van der Waals surface area contributed by atoms with Gasteiger partial charge in [-0.2, -0.15) is 0 Å². The number of nitrogens with one attached hydrogen (secondary N) is 1. The lowest BCUT2D eigenvalue weighted by atomic mass is 9.75. The molecule has 0 spiro atoms. The van der Waals surface area contributed by atoms with Crippen LogP contribution in [0.1, 0.15) is 57.4 Å². The Labute approximate surface area is 201 Å². The molecule has 4 aliphatic rings. The molecule has 6 rings (SSSR count). The van der Waals surface area contributed by atoms with Crippen LogP contribution in [-0.2, 0) is 11.2 Å².